The highest BCUT2D eigenvalue weighted by atomic mass is 32.2. The predicted molar refractivity (Wildman–Crippen MR) is 99.0 cm³/mol. The second-order valence-electron chi connectivity index (χ2n) is 5.94. The first-order chi connectivity index (χ1) is 11.7. The number of amides is 2. The van der Waals surface area contributed by atoms with Crippen molar-refractivity contribution in [3.05, 3.63) is 24.3 Å². The van der Waals surface area contributed by atoms with Gasteiger partial charge in [0.05, 0.1) is 11.4 Å². The van der Waals surface area contributed by atoms with Gasteiger partial charge in [-0.15, -0.1) is 0 Å². The fourth-order valence-corrected chi connectivity index (χ4v) is 3.08. The van der Waals surface area contributed by atoms with Crippen LogP contribution in [-0.4, -0.2) is 58.1 Å². The summed E-state index contributed by atoms with van der Waals surface area (Å²) in [5.74, 6) is -0.848. The van der Waals surface area contributed by atoms with Crippen LogP contribution in [0.4, 0.5) is 11.4 Å². The second-order valence-corrected chi connectivity index (χ2v) is 7.78. The van der Waals surface area contributed by atoms with E-state index in [1.54, 1.807) is 18.2 Å². The average Bonchev–Trinajstić information content (AvgIpc) is 2.49. The molecule has 0 fully saturated rings. The van der Waals surface area contributed by atoms with Crippen LogP contribution in [0.2, 0.25) is 0 Å². The number of sulfonamides is 1. The first-order valence-corrected chi connectivity index (χ1v) is 9.63. The maximum Gasteiger partial charge on any atom is 0.233 e. The van der Waals surface area contributed by atoms with Crippen LogP contribution in [0.25, 0.3) is 0 Å². The van der Waals surface area contributed by atoms with E-state index in [-0.39, 0.29) is 24.0 Å². The minimum Gasteiger partial charge on any atom is -0.356 e. The lowest BCUT2D eigenvalue weighted by atomic mass is 10.3. The molecule has 2 amide bonds. The molecule has 0 aliphatic carbocycles. The van der Waals surface area contributed by atoms with E-state index in [1.807, 2.05) is 19.0 Å². The van der Waals surface area contributed by atoms with Gasteiger partial charge in [-0.2, -0.15) is 0 Å². The van der Waals surface area contributed by atoms with Gasteiger partial charge in [0.1, 0.15) is 0 Å². The molecule has 9 heteroatoms. The Morgan fingerprint density at radius 3 is 2.48 bits per heavy atom. The third-order valence-electron chi connectivity index (χ3n) is 3.16. The summed E-state index contributed by atoms with van der Waals surface area (Å²) in [4.78, 5) is 24.7. The number of rotatable bonds is 10. The molecule has 0 bridgehead atoms. The van der Waals surface area contributed by atoms with Gasteiger partial charge in [0.25, 0.3) is 0 Å². The van der Waals surface area contributed by atoms with Crippen LogP contribution in [0.3, 0.4) is 0 Å². The molecule has 25 heavy (non-hydrogen) atoms. The van der Waals surface area contributed by atoms with Crippen molar-refractivity contribution in [3.63, 3.8) is 0 Å². The standard InChI is InChI=1S/C16H26N4O4S/c1-13(21)18-14-6-4-7-15(12-14)19-25(23,24)11-8-16(22)17-9-5-10-20(2)3/h4,6-7,12,19H,5,8-11H2,1-3H3,(H,17,22)(H,18,21). The molecule has 1 aromatic carbocycles. The lowest BCUT2D eigenvalue weighted by molar-refractivity contribution is -0.120. The Bertz CT molecular complexity index is 689. The van der Waals surface area contributed by atoms with Gasteiger partial charge in [-0.25, -0.2) is 8.42 Å². The van der Waals surface area contributed by atoms with Crippen LogP contribution in [0.1, 0.15) is 19.8 Å². The van der Waals surface area contributed by atoms with Gasteiger partial charge in [0.2, 0.25) is 21.8 Å². The van der Waals surface area contributed by atoms with Gasteiger partial charge in [-0.05, 0) is 45.3 Å². The summed E-state index contributed by atoms with van der Waals surface area (Å²) in [5.41, 5.74) is 0.823. The van der Waals surface area contributed by atoms with Gasteiger partial charge < -0.3 is 15.5 Å². The van der Waals surface area contributed by atoms with Crippen LogP contribution in [0.15, 0.2) is 24.3 Å². The largest absolute Gasteiger partial charge is 0.356 e. The fourth-order valence-electron chi connectivity index (χ4n) is 2.03. The van der Waals surface area contributed by atoms with Crippen molar-refractivity contribution in [2.75, 3.05) is 43.0 Å². The van der Waals surface area contributed by atoms with Crippen LogP contribution >= 0.6 is 0 Å². The number of hydrogen-bond donors (Lipinski definition) is 3. The Balaban J connectivity index is 2.45. The molecule has 0 radical (unpaired) electrons. The number of benzene rings is 1. The normalized spacial score (nSPS) is 11.2. The summed E-state index contributed by atoms with van der Waals surface area (Å²) >= 11 is 0. The average molecular weight is 370 g/mol. The van der Waals surface area contributed by atoms with E-state index in [1.165, 1.54) is 13.0 Å². The van der Waals surface area contributed by atoms with Gasteiger partial charge in [-0.3, -0.25) is 14.3 Å². The van der Waals surface area contributed by atoms with Crippen LogP contribution in [-0.2, 0) is 19.6 Å². The van der Waals surface area contributed by atoms with Gasteiger partial charge >= 0.3 is 0 Å². The highest BCUT2D eigenvalue weighted by molar-refractivity contribution is 7.92. The monoisotopic (exact) mass is 370 g/mol. The van der Waals surface area contributed by atoms with Crippen molar-refractivity contribution in [3.8, 4) is 0 Å². The molecule has 0 spiro atoms. The molecule has 0 aliphatic rings. The highest BCUT2D eigenvalue weighted by Crippen LogP contribution is 2.16. The Hall–Kier alpha value is -2.13. The molecule has 3 N–H and O–H groups in total. The van der Waals surface area contributed by atoms with Crippen molar-refractivity contribution in [2.24, 2.45) is 0 Å². The maximum absolute atomic E-state index is 12.1. The first-order valence-electron chi connectivity index (χ1n) is 7.97. The van der Waals surface area contributed by atoms with Crippen LogP contribution in [0, 0.1) is 0 Å². The number of nitrogens with one attached hydrogen (secondary N) is 3. The molecule has 0 aliphatic heterocycles. The van der Waals surface area contributed by atoms with Crippen molar-refractivity contribution in [1.82, 2.24) is 10.2 Å². The molecular formula is C16H26N4O4S. The van der Waals surface area contributed by atoms with Gasteiger partial charge in [0, 0.05) is 25.6 Å². The second kappa shape index (κ2) is 10.00. The predicted octanol–water partition coefficient (Wildman–Crippen LogP) is 0.845. The van der Waals surface area contributed by atoms with E-state index in [0.29, 0.717) is 17.9 Å². The zero-order valence-electron chi connectivity index (χ0n) is 14.8. The van der Waals surface area contributed by atoms with Crippen LogP contribution in [0.5, 0.6) is 0 Å². The molecule has 0 unspecified atom stereocenters. The molecular weight excluding hydrogens is 344 g/mol. The van der Waals surface area contributed by atoms with E-state index in [9.17, 15) is 18.0 Å². The zero-order chi connectivity index (χ0) is 18.9. The Labute approximate surface area is 149 Å². The van der Waals surface area contributed by atoms with E-state index in [4.69, 9.17) is 0 Å². The summed E-state index contributed by atoms with van der Waals surface area (Å²) in [6.45, 7) is 2.74. The molecule has 0 atom stereocenters. The first kappa shape index (κ1) is 20.9. The summed E-state index contributed by atoms with van der Waals surface area (Å²) in [6.07, 6.45) is 0.697. The quantitative estimate of drug-likeness (QED) is 0.529. The van der Waals surface area contributed by atoms with Crippen molar-refractivity contribution in [1.29, 1.82) is 0 Å². The topological polar surface area (TPSA) is 108 Å². The minimum absolute atomic E-state index is 0.108. The molecule has 8 nitrogen and oxygen atoms in total. The number of nitrogens with zero attached hydrogens (tertiary/aromatic N) is 1. The van der Waals surface area contributed by atoms with E-state index < -0.39 is 10.0 Å². The third kappa shape index (κ3) is 9.68. The Morgan fingerprint density at radius 2 is 1.84 bits per heavy atom. The van der Waals surface area contributed by atoms with E-state index in [0.717, 1.165) is 13.0 Å². The molecule has 0 saturated carbocycles. The Kier molecular flexibility index (Phi) is 8.36. The fraction of sp³-hybridized carbons (Fsp3) is 0.500. The van der Waals surface area contributed by atoms with Crippen molar-refractivity contribution >= 4 is 33.2 Å². The summed E-state index contributed by atoms with van der Waals surface area (Å²) < 4.78 is 26.5. The van der Waals surface area contributed by atoms with Crippen LogP contribution < -0.4 is 15.4 Å². The zero-order valence-corrected chi connectivity index (χ0v) is 15.6. The molecule has 0 aromatic heterocycles. The van der Waals surface area contributed by atoms with Crippen molar-refractivity contribution < 1.29 is 18.0 Å². The lowest BCUT2D eigenvalue weighted by Crippen LogP contribution is -2.29. The number of carbonyl (C=O) groups is 2. The number of anilines is 2. The van der Waals surface area contributed by atoms with Gasteiger partial charge in [0.15, 0.2) is 0 Å². The minimum atomic E-state index is -3.65. The smallest absolute Gasteiger partial charge is 0.233 e. The molecule has 1 rings (SSSR count). The summed E-state index contributed by atoms with van der Waals surface area (Å²) in [5, 5.41) is 5.28. The molecule has 140 valence electrons. The maximum atomic E-state index is 12.1. The lowest BCUT2D eigenvalue weighted by Gasteiger charge is -2.11. The van der Waals surface area contributed by atoms with E-state index in [2.05, 4.69) is 15.4 Å². The Morgan fingerprint density at radius 1 is 1.16 bits per heavy atom. The SMILES string of the molecule is CC(=O)Nc1cccc(NS(=O)(=O)CCC(=O)NCCCN(C)C)c1. The third-order valence-corrected chi connectivity index (χ3v) is 4.45. The number of carbonyl (C=O) groups excluding carboxylic acids is 2. The molecule has 0 saturated heterocycles. The summed E-state index contributed by atoms with van der Waals surface area (Å²) in [7, 11) is 0.240. The van der Waals surface area contributed by atoms with Crippen molar-refractivity contribution in [2.45, 2.75) is 19.8 Å². The number of hydrogen-bond acceptors (Lipinski definition) is 5. The highest BCUT2D eigenvalue weighted by Gasteiger charge is 2.13. The molecule has 0 heterocycles. The van der Waals surface area contributed by atoms with E-state index >= 15 is 0 Å². The van der Waals surface area contributed by atoms with Gasteiger partial charge in [-0.1, -0.05) is 6.07 Å². The summed E-state index contributed by atoms with van der Waals surface area (Å²) in [6, 6.07) is 6.37. The molecule has 1 aromatic rings.